The molecule has 4 rings (SSSR count). The van der Waals surface area contributed by atoms with Crippen molar-refractivity contribution in [2.75, 3.05) is 14.2 Å². The van der Waals surface area contributed by atoms with Gasteiger partial charge in [0.1, 0.15) is 11.5 Å². The molecule has 1 aromatic rings. The van der Waals surface area contributed by atoms with E-state index in [1.807, 2.05) is 7.11 Å². The van der Waals surface area contributed by atoms with Crippen molar-refractivity contribution < 1.29 is 9.47 Å². The molecule has 0 aliphatic heterocycles. The van der Waals surface area contributed by atoms with Crippen LogP contribution in [0.1, 0.15) is 58.1 Å². The van der Waals surface area contributed by atoms with E-state index < -0.39 is 0 Å². The molecule has 1 spiro atoms. The van der Waals surface area contributed by atoms with E-state index in [9.17, 15) is 0 Å². The number of allylic oxidation sites excluding steroid dienone is 4. The average Bonchev–Trinajstić information content (AvgIpc) is 2.88. The quantitative estimate of drug-likeness (QED) is 0.653. The first-order valence-corrected chi connectivity index (χ1v) is 9.44. The minimum absolute atomic E-state index is 0.0763. The summed E-state index contributed by atoms with van der Waals surface area (Å²) in [6.45, 7) is 9.63. The van der Waals surface area contributed by atoms with Crippen molar-refractivity contribution in [1.82, 2.24) is 0 Å². The lowest BCUT2D eigenvalue weighted by atomic mass is 9.42. The van der Waals surface area contributed by atoms with E-state index in [0.29, 0.717) is 0 Å². The van der Waals surface area contributed by atoms with E-state index in [4.69, 9.17) is 9.47 Å². The van der Waals surface area contributed by atoms with Gasteiger partial charge >= 0.3 is 0 Å². The summed E-state index contributed by atoms with van der Waals surface area (Å²) >= 11 is 0. The van der Waals surface area contributed by atoms with Crippen molar-refractivity contribution in [3.63, 3.8) is 0 Å². The van der Waals surface area contributed by atoms with Crippen LogP contribution in [0.2, 0.25) is 0 Å². The SMILES string of the molecule is COc1ccc(OC)c2c1CC1(C)C(C)=CCC3(C)C(C)=CCCC231. The van der Waals surface area contributed by atoms with Crippen LogP contribution in [0, 0.1) is 10.8 Å². The first-order chi connectivity index (χ1) is 11.9. The van der Waals surface area contributed by atoms with Gasteiger partial charge in [0, 0.05) is 27.4 Å². The maximum atomic E-state index is 5.92. The van der Waals surface area contributed by atoms with Crippen molar-refractivity contribution in [3.05, 3.63) is 46.6 Å². The maximum Gasteiger partial charge on any atom is 0.123 e. The lowest BCUT2D eigenvalue weighted by Gasteiger charge is -2.61. The van der Waals surface area contributed by atoms with Crippen molar-refractivity contribution in [2.24, 2.45) is 10.8 Å². The Bertz CT molecular complexity index is 803. The van der Waals surface area contributed by atoms with Gasteiger partial charge < -0.3 is 9.47 Å². The number of rotatable bonds is 2. The Labute approximate surface area is 151 Å². The van der Waals surface area contributed by atoms with Gasteiger partial charge in [-0.05, 0) is 51.7 Å². The van der Waals surface area contributed by atoms with Gasteiger partial charge in [0.25, 0.3) is 0 Å². The molecule has 0 fully saturated rings. The highest BCUT2D eigenvalue weighted by Gasteiger charge is 2.67. The van der Waals surface area contributed by atoms with Gasteiger partial charge in [0.2, 0.25) is 0 Å². The summed E-state index contributed by atoms with van der Waals surface area (Å²) in [5.74, 6) is 2.05. The van der Waals surface area contributed by atoms with Crippen LogP contribution in [-0.4, -0.2) is 14.2 Å². The maximum absolute atomic E-state index is 5.92. The molecule has 2 nitrogen and oxygen atoms in total. The van der Waals surface area contributed by atoms with Crippen molar-refractivity contribution in [2.45, 2.75) is 58.8 Å². The molecule has 2 heteroatoms. The van der Waals surface area contributed by atoms with E-state index in [1.165, 1.54) is 28.7 Å². The second-order valence-corrected chi connectivity index (χ2v) is 8.59. The Kier molecular flexibility index (Phi) is 3.45. The van der Waals surface area contributed by atoms with Gasteiger partial charge in [-0.2, -0.15) is 0 Å². The van der Waals surface area contributed by atoms with Crippen molar-refractivity contribution in [1.29, 1.82) is 0 Å². The first kappa shape index (κ1) is 16.8. The van der Waals surface area contributed by atoms with Gasteiger partial charge in [-0.25, -0.2) is 0 Å². The molecule has 0 heterocycles. The fourth-order valence-electron chi connectivity index (χ4n) is 6.41. The molecule has 25 heavy (non-hydrogen) atoms. The van der Waals surface area contributed by atoms with Crippen LogP contribution in [0.5, 0.6) is 11.5 Å². The van der Waals surface area contributed by atoms with E-state index in [1.54, 1.807) is 7.11 Å². The largest absolute Gasteiger partial charge is 0.496 e. The molecule has 0 aromatic heterocycles. The standard InChI is InChI=1S/C23H30O2/c1-15-8-7-12-23-20-17(18(24-5)9-10-19(20)25-6)14-22(23,4)16(2)11-13-21(15,23)3/h8-11H,7,12-14H2,1-6H3. The molecular weight excluding hydrogens is 308 g/mol. The lowest BCUT2D eigenvalue weighted by Crippen LogP contribution is -2.57. The molecule has 0 saturated heterocycles. The lowest BCUT2D eigenvalue weighted by molar-refractivity contribution is 0.0381. The van der Waals surface area contributed by atoms with Gasteiger partial charge in [-0.3, -0.25) is 0 Å². The molecule has 3 aliphatic rings. The summed E-state index contributed by atoms with van der Waals surface area (Å²) in [6.07, 6.45) is 9.42. The fraction of sp³-hybridized carbons (Fsp3) is 0.565. The number of benzene rings is 1. The topological polar surface area (TPSA) is 18.5 Å². The molecule has 3 aliphatic carbocycles. The van der Waals surface area contributed by atoms with Gasteiger partial charge in [0.15, 0.2) is 0 Å². The van der Waals surface area contributed by atoms with E-state index in [0.717, 1.165) is 30.8 Å². The molecule has 0 amide bonds. The van der Waals surface area contributed by atoms with E-state index in [-0.39, 0.29) is 16.2 Å². The number of methoxy groups -OCH3 is 2. The molecule has 0 radical (unpaired) electrons. The van der Waals surface area contributed by atoms with Crippen LogP contribution >= 0.6 is 0 Å². The third kappa shape index (κ3) is 1.71. The van der Waals surface area contributed by atoms with Crippen LogP contribution in [0.3, 0.4) is 0 Å². The van der Waals surface area contributed by atoms with Crippen LogP contribution in [-0.2, 0) is 11.8 Å². The van der Waals surface area contributed by atoms with Gasteiger partial charge in [0.05, 0.1) is 14.2 Å². The highest BCUT2D eigenvalue weighted by molar-refractivity contribution is 5.63. The Morgan fingerprint density at radius 1 is 0.880 bits per heavy atom. The van der Waals surface area contributed by atoms with Gasteiger partial charge in [-0.1, -0.05) is 37.1 Å². The van der Waals surface area contributed by atoms with Crippen molar-refractivity contribution in [3.8, 4) is 11.5 Å². The Morgan fingerprint density at radius 3 is 2.20 bits per heavy atom. The minimum atomic E-state index is 0.0763. The minimum Gasteiger partial charge on any atom is -0.496 e. The monoisotopic (exact) mass is 338 g/mol. The summed E-state index contributed by atoms with van der Waals surface area (Å²) in [6, 6.07) is 4.19. The number of hydrogen-bond acceptors (Lipinski definition) is 2. The van der Waals surface area contributed by atoms with E-state index in [2.05, 4.69) is 52.0 Å². The molecule has 3 unspecified atom stereocenters. The van der Waals surface area contributed by atoms with E-state index >= 15 is 0 Å². The van der Waals surface area contributed by atoms with Crippen LogP contribution in [0.25, 0.3) is 0 Å². The summed E-state index contributed by atoms with van der Waals surface area (Å²) < 4.78 is 11.7. The number of fused-ring (bicyclic) bond motifs is 1. The Balaban J connectivity index is 2.13. The molecule has 3 atom stereocenters. The highest BCUT2D eigenvalue weighted by atomic mass is 16.5. The normalized spacial score (nSPS) is 35.9. The second-order valence-electron chi connectivity index (χ2n) is 8.59. The molecule has 0 N–H and O–H groups in total. The summed E-state index contributed by atoms with van der Waals surface area (Å²) in [4.78, 5) is 0. The summed E-state index contributed by atoms with van der Waals surface area (Å²) in [5.41, 5.74) is 6.16. The Hall–Kier alpha value is -1.70. The third-order valence-corrected chi connectivity index (χ3v) is 8.04. The highest BCUT2D eigenvalue weighted by Crippen LogP contribution is 2.73. The predicted octanol–water partition coefficient (Wildman–Crippen LogP) is 5.60. The smallest absolute Gasteiger partial charge is 0.123 e. The zero-order valence-corrected chi connectivity index (χ0v) is 16.5. The summed E-state index contributed by atoms with van der Waals surface area (Å²) in [5, 5.41) is 0. The number of ether oxygens (including phenoxy) is 2. The summed E-state index contributed by atoms with van der Waals surface area (Å²) in [7, 11) is 3.60. The molecule has 134 valence electrons. The molecule has 1 aromatic carbocycles. The van der Waals surface area contributed by atoms with Gasteiger partial charge in [-0.15, -0.1) is 0 Å². The van der Waals surface area contributed by atoms with Crippen LogP contribution in [0.4, 0.5) is 0 Å². The van der Waals surface area contributed by atoms with Crippen LogP contribution in [0.15, 0.2) is 35.4 Å². The average molecular weight is 338 g/mol. The zero-order valence-electron chi connectivity index (χ0n) is 16.5. The van der Waals surface area contributed by atoms with Crippen LogP contribution < -0.4 is 9.47 Å². The zero-order chi connectivity index (χ0) is 18.0. The second kappa shape index (κ2) is 5.16. The fourth-order valence-corrected chi connectivity index (χ4v) is 6.41. The molecule has 0 saturated carbocycles. The third-order valence-electron chi connectivity index (χ3n) is 8.04. The molecular formula is C23H30O2. The number of hydrogen-bond donors (Lipinski definition) is 0. The van der Waals surface area contributed by atoms with Crippen molar-refractivity contribution >= 4 is 0 Å². The predicted molar refractivity (Wildman–Crippen MR) is 103 cm³/mol. The Morgan fingerprint density at radius 2 is 1.52 bits per heavy atom. The first-order valence-electron chi connectivity index (χ1n) is 9.44. The molecule has 0 bridgehead atoms.